The molecule has 0 atom stereocenters. The molecule has 0 saturated carbocycles. The SMILES string of the molecule is CC(C)(C)[Si](C)(C)Oc1ccccc1C#Cc1ccccc1. The molecule has 0 aliphatic rings. The number of hydrogen-bond acceptors (Lipinski definition) is 1. The van der Waals surface area contributed by atoms with Gasteiger partial charge in [0.2, 0.25) is 0 Å². The van der Waals surface area contributed by atoms with E-state index in [2.05, 4.69) is 45.7 Å². The molecular formula is C20H24OSi. The maximum Gasteiger partial charge on any atom is 0.250 e. The molecule has 0 N–H and O–H groups in total. The second kappa shape index (κ2) is 6.42. The highest BCUT2D eigenvalue weighted by Crippen LogP contribution is 2.38. The van der Waals surface area contributed by atoms with Crippen molar-refractivity contribution in [2.24, 2.45) is 0 Å². The van der Waals surface area contributed by atoms with Gasteiger partial charge in [0.15, 0.2) is 0 Å². The Morgan fingerprint density at radius 2 is 1.41 bits per heavy atom. The highest BCUT2D eigenvalue weighted by molar-refractivity contribution is 6.74. The van der Waals surface area contributed by atoms with E-state index in [4.69, 9.17) is 4.43 Å². The monoisotopic (exact) mass is 308 g/mol. The van der Waals surface area contributed by atoms with Crippen molar-refractivity contribution in [3.05, 3.63) is 65.7 Å². The second-order valence-corrected chi connectivity index (χ2v) is 11.7. The number of benzene rings is 2. The maximum atomic E-state index is 6.42. The van der Waals surface area contributed by atoms with Crippen LogP contribution in [-0.4, -0.2) is 8.32 Å². The van der Waals surface area contributed by atoms with Gasteiger partial charge in [-0.25, -0.2) is 0 Å². The van der Waals surface area contributed by atoms with Crippen LogP contribution in [-0.2, 0) is 0 Å². The molecule has 2 aromatic rings. The Bertz CT molecular complexity index is 685. The fraction of sp³-hybridized carbons (Fsp3) is 0.300. The molecule has 1 nitrogen and oxygen atoms in total. The summed E-state index contributed by atoms with van der Waals surface area (Å²) in [6.07, 6.45) is 0. The quantitative estimate of drug-likeness (QED) is 0.528. The van der Waals surface area contributed by atoms with E-state index in [1.807, 2.05) is 54.6 Å². The molecule has 0 aromatic heterocycles. The predicted molar refractivity (Wildman–Crippen MR) is 96.7 cm³/mol. The van der Waals surface area contributed by atoms with Crippen LogP contribution >= 0.6 is 0 Å². The average Bonchev–Trinajstić information content (AvgIpc) is 2.46. The summed E-state index contributed by atoms with van der Waals surface area (Å²) in [7, 11) is -1.85. The Labute approximate surface area is 135 Å². The van der Waals surface area contributed by atoms with Gasteiger partial charge in [0.1, 0.15) is 5.75 Å². The standard InChI is InChI=1S/C20H24OSi/c1-20(2,3)22(4,5)21-19-14-10-9-13-18(19)16-15-17-11-7-6-8-12-17/h6-14H,1-5H3. The molecule has 0 unspecified atom stereocenters. The molecule has 0 spiro atoms. The van der Waals surface area contributed by atoms with E-state index < -0.39 is 8.32 Å². The molecule has 114 valence electrons. The summed E-state index contributed by atoms with van der Waals surface area (Å²) in [6.45, 7) is 11.3. The van der Waals surface area contributed by atoms with Crippen LogP contribution in [0.25, 0.3) is 0 Å². The minimum absolute atomic E-state index is 0.174. The highest BCUT2D eigenvalue weighted by Gasteiger charge is 2.39. The molecule has 0 fully saturated rings. The zero-order valence-electron chi connectivity index (χ0n) is 14.1. The van der Waals surface area contributed by atoms with E-state index in [9.17, 15) is 0 Å². The van der Waals surface area contributed by atoms with Crippen LogP contribution in [0.3, 0.4) is 0 Å². The predicted octanol–water partition coefficient (Wildman–Crippen LogP) is 5.47. The van der Waals surface area contributed by atoms with E-state index in [-0.39, 0.29) is 5.04 Å². The Kier molecular flexibility index (Phi) is 4.78. The van der Waals surface area contributed by atoms with Crippen LogP contribution in [0.2, 0.25) is 18.1 Å². The third-order valence-electron chi connectivity index (χ3n) is 4.17. The Morgan fingerprint density at radius 3 is 2.05 bits per heavy atom. The van der Waals surface area contributed by atoms with Gasteiger partial charge in [-0.1, -0.05) is 62.9 Å². The first kappa shape index (κ1) is 16.4. The van der Waals surface area contributed by atoms with Gasteiger partial charge in [-0.15, -0.1) is 0 Å². The van der Waals surface area contributed by atoms with Crippen molar-refractivity contribution >= 4 is 8.32 Å². The van der Waals surface area contributed by atoms with Crippen molar-refractivity contribution in [2.75, 3.05) is 0 Å². The summed E-state index contributed by atoms with van der Waals surface area (Å²) in [4.78, 5) is 0. The van der Waals surface area contributed by atoms with E-state index in [0.29, 0.717) is 0 Å². The summed E-state index contributed by atoms with van der Waals surface area (Å²) in [5, 5.41) is 0.174. The first-order valence-electron chi connectivity index (χ1n) is 7.65. The van der Waals surface area contributed by atoms with E-state index in [1.165, 1.54) is 0 Å². The highest BCUT2D eigenvalue weighted by atomic mass is 28.4. The molecule has 2 rings (SSSR count). The van der Waals surface area contributed by atoms with Gasteiger partial charge >= 0.3 is 0 Å². The Hall–Kier alpha value is -1.98. The number of para-hydroxylation sites is 1. The Balaban J connectivity index is 2.31. The molecule has 0 aliphatic carbocycles. The molecule has 2 heteroatoms. The summed E-state index contributed by atoms with van der Waals surface area (Å²) in [5.74, 6) is 7.36. The van der Waals surface area contributed by atoms with Crippen molar-refractivity contribution in [3.8, 4) is 17.6 Å². The van der Waals surface area contributed by atoms with Crippen LogP contribution in [0.5, 0.6) is 5.75 Å². The van der Waals surface area contributed by atoms with Gasteiger partial charge in [0.05, 0.1) is 5.56 Å². The van der Waals surface area contributed by atoms with Crippen LogP contribution in [0.4, 0.5) is 0 Å². The van der Waals surface area contributed by atoms with Crippen LogP contribution in [0.15, 0.2) is 54.6 Å². The van der Waals surface area contributed by atoms with Crippen molar-refractivity contribution in [3.63, 3.8) is 0 Å². The normalized spacial score (nSPS) is 11.5. The minimum Gasteiger partial charge on any atom is -0.543 e. The van der Waals surface area contributed by atoms with Gasteiger partial charge in [-0.3, -0.25) is 0 Å². The lowest BCUT2D eigenvalue weighted by molar-refractivity contribution is 0.491. The van der Waals surface area contributed by atoms with Gasteiger partial charge < -0.3 is 4.43 Å². The lowest BCUT2D eigenvalue weighted by atomic mass is 10.1. The van der Waals surface area contributed by atoms with Gasteiger partial charge in [-0.05, 0) is 42.4 Å². The van der Waals surface area contributed by atoms with E-state index in [0.717, 1.165) is 16.9 Å². The van der Waals surface area contributed by atoms with Crippen molar-refractivity contribution in [2.45, 2.75) is 38.9 Å². The third kappa shape index (κ3) is 4.02. The molecule has 22 heavy (non-hydrogen) atoms. The topological polar surface area (TPSA) is 9.23 Å². The summed E-state index contributed by atoms with van der Waals surface area (Å²) in [6, 6.07) is 18.1. The average molecular weight is 308 g/mol. The lowest BCUT2D eigenvalue weighted by Gasteiger charge is -2.36. The fourth-order valence-electron chi connectivity index (χ4n) is 1.75. The second-order valence-electron chi connectivity index (χ2n) is 6.97. The van der Waals surface area contributed by atoms with Crippen LogP contribution < -0.4 is 4.43 Å². The Morgan fingerprint density at radius 1 is 0.818 bits per heavy atom. The third-order valence-corrected chi connectivity index (χ3v) is 8.52. The first-order valence-corrected chi connectivity index (χ1v) is 10.6. The molecule has 0 amide bonds. The van der Waals surface area contributed by atoms with Crippen LogP contribution in [0.1, 0.15) is 31.9 Å². The summed E-state index contributed by atoms with van der Waals surface area (Å²) < 4.78 is 6.42. The molecular weight excluding hydrogens is 284 g/mol. The van der Waals surface area contributed by atoms with E-state index >= 15 is 0 Å². The lowest BCUT2D eigenvalue weighted by Crippen LogP contribution is -2.44. The minimum atomic E-state index is -1.85. The zero-order valence-corrected chi connectivity index (χ0v) is 15.1. The smallest absolute Gasteiger partial charge is 0.250 e. The molecule has 0 saturated heterocycles. The summed E-state index contributed by atoms with van der Waals surface area (Å²) >= 11 is 0. The van der Waals surface area contributed by atoms with Crippen molar-refractivity contribution < 1.29 is 4.43 Å². The largest absolute Gasteiger partial charge is 0.543 e. The zero-order chi connectivity index (χ0) is 16.2. The molecule has 0 aliphatic heterocycles. The summed E-state index contributed by atoms with van der Waals surface area (Å²) in [5.41, 5.74) is 1.97. The van der Waals surface area contributed by atoms with Gasteiger partial charge in [0.25, 0.3) is 8.32 Å². The molecule has 2 aromatic carbocycles. The number of hydrogen-bond donors (Lipinski definition) is 0. The van der Waals surface area contributed by atoms with E-state index in [1.54, 1.807) is 0 Å². The first-order chi connectivity index (χ1) is 10.3. The molecule has 0 heterocycles. The molecule has 0 radical (unpaired) electrons. The number of rotatable bonds is 2. The molecule has 0 bridgehead atoms. The van der Waals surface area contributed by atoms with Crippen LogP contribution in [0, 0.1) is 11.8 Å². The van der Waals surface area contributed by atoms with Crippen molar-refractivity contribution in [1.29, 1.82) is 0 Å². The van der Waals surface area contributed by atoms with Crippen molar-refractivity contribution in [1.82, 2.24) is 0 Å². The van der Waals surface area contributed by atoms with Gasteiger partial charge in [0, 0.05) is 5.56 Å². The fourth-order valence-corrected chi connectivity index (χ4v) is 2.78. The van der Waals surface area contributed by atoms with Gasteiger partial charge in [-0.2, -0.15) is 0 Å². The maximum absolute atomic E-state index is 6.42.